The summed E-state index contributed by atoms with van der Waals surface area (Å²) in [7, 11) is 1.53. The number of benzene rings is 2. The van der Waals surface area contributed by atoms with E-state index in [4.69, 9.17) is 16.3 Å². The summed E-state index contributed by atoms with van der Waals surface area (Å²) in [6.07, 6.45) is 0. The van der Waals surface area contributed by atoms with Crippen molar-refractivity contribution in [3.05, 3.63) is 63.2 Å². The Morgan fingerprint density at radius 1 is 1.25 bits per heavy atom. The summed E-state index contributed by atoms with van der Waals surface area (Å²) in [5.41, 5.74) is 1.64. The van der Waals surface area contributed by atoms with Gasteiger partial charge in [-0.05, 0) is 30.3 Å². The fourth-order valence-electron chi connectivity index (χ4n) is 1.78. The molecule has 2 aromatic rings. The number of nitro benzene ring substituents is 1. The van der Waals surface area contributed by atoms with Crippen LogP contribution in [0.3, 0.4) is 0 Å². The highest BCUT2D eigenvalue weighted by Crippen LogP contribution is 2.25. The number of hydrogen-bond donors (Lipinski definition) is 1. The Morgan fingerprint density at radius 3 is 2.55 bits per heavy atom. The second kappa shape index (κ2) is 6.25. The predicted octanol–water partition coefficient (Wildman–Crippen LogP) is 3.87. The minimum absolute atomic E-state index is 0.0405. The summed E-state index contributed by atoms with van der Waals surface area (Å²) in [5.74, 6) is 0.608. The van der Waals surface area contributed by atoms with Gasteiger partial charge in [-0.2, -0.15) is 0 Å². The standard InChI is InChI=1S/C14H13ClN2O3/c1-20-14-7-6-13(17(18)19)8-10(14)9-16-12-4-2-11(15)3-5-12/h2-8,16H,9H2,1H3. The van der Waals surface area contributed by atoms with Crippen LogP contribution in [0.2, 0.25) is 5.02 Å². The molecule has 2 aromatic carbocycles. The topological polar surface area (TPSA) is 64.4 Å². The lowest BCUT2D eigenvalue weighted by atomic mass is 10.1. The summed E-state index contributed by atoms with van der Waals surface area (Å²) in [5, 5.41) is 14.6. The van der Waals surface area contributed by atoms with Gasteiger partial charge in [-0.3, -0.25) is 10.1 Å². The molecule has 0 radical (unpaired) electrons. The Bertz CT molecular complexity index is 614. The molecule has 0 aliphatic heterocycles. The molecular formula is C14H13ClN2O3. The first-order chi connectivity index (χ1) is 9.60. The van der Waals surface area contributed by atoms with E-state index in [1.807, 2.05) is 12.1 Å². The van der Waals surface area contributed by atoms with Crippen molar-refractivity contribution < 1.29 is 9.66 Å². The van der Waals surface area contributed by atoms with Gasteiger partial charge in [0.1, 0.15) is 5.75 Å². The predicted molar refractivity (Wildman–Crippen MR) is 78.4 cm³/mol. The van der Waals surface area contributed by atoms with Gasteiger partial charge >= 0.3 is 0 Å². The second-order valence-electron chi connectivity index (χ2n) is 4.11. The zero-order valence-electron chi connectivity index (χ0n) is 10.8. The molecule has 104 valence electrons. The highest BCUT2D eigenvalue weighted by molar-refractivity contribution is 6.30. The quantitative estimate of drug-likeness (QED) is 0.671. The molecule has 0 saturated carbocycles. The van der Waals surface area contributed by atoms with Crippen molar-refractivity contribution in [2.45, 2.75) is 6.54 Å². The monoisotopic (exact) mass is 292 g/mol. The molecule has 0 saturated heterocycles. The Morgan fingerprint density at radius 2 is 1.95 bits per heavy atom. The van der Waals surface area contributed by atoms with Gasteiger partial charge in [-0.25, -0.2) is 0 Å². The Hall–Kier alpha value is -2.27. The molecule has 0 aliphatic rings. The number of rotatable bonds is 5. The first kappa shape index (κ1) is 14.1. The smallest absolute Gasteiger partial charge is 0.270 e. The van der Waals surface area contributed by atoms with Crippen LogP contribution in [0.1, 0.15) is 5.56 Å². The van der Waals surface area contributed by atoms with Crippen molar-refractivity contribution in [3.8, 4) is 5.75 Å². The van der Waals surface area contributed by atoms with Crippen LogP contribution >= 0.6 is 11.6 Å². The maximum absolute atomic E-state index is 10.8. The molecule has 0 fully saturated rings. The minimum Gasteiger partial charge on any atom is -0.496 e. The number of nitro groups is 1. The largest absolute Gasteiger partial charge is 0.496 e. The van der Waals surface area contributed by atoms with Gasteiger partial charge in [0.15, 0.2) is 0 Å². The number of hydrogen-bond acceptors (Lipinski definition) is 4. The SMILES string of the molecule is COc1ccc([N+](=O)[O-])cc1CNc1ccc(Cl)cc1. The molecule has 1 N–H and O–H groups in total. The van der Waals surface area contributed by atoms with Gasteiger partial charge in [0.25, 0.3) is 5.69 Å². The van der Waals surface area contributed by atoms with E-state index in [2.05, 4.69) is 5.32 Å². The van der Waals surface area contributed by atoms with Crippen molar-refractivity contribution in [2.24, 2.45) is 0 Å². The van der Waals surface area contributed by atoms with Crippen molar-refractivity contribution in [1.82, 2.24) is 0 Å². The maximum Gasteiger partial charge on any atom is 0.270 e. The van der Waals surface area contributed by atoms with Crippen LogP contribution < -0.4 is 10.1 Å². The maximum atomic E-state index is 10.8. The first-order valence-electron chi connectivity index (χ1n) is 5.91. The summed E-state index contributed by atoms with van der Waals surface area (Å²) in [6, 6.07) is 11.7. The number of nitrogens with one attached hydrogen (secondary N) is 1. The van der Waals surface area contributed by atoms with Gasteiger partial charge < -0.3 is 10.1 Å². The van der Waals surface area contributed by atoms with Crippen LogP contribution in [-0.4, -0.2) is 12.0 Å². The lowest BCUT2D eigenvalue weighted by Gasteiger charge is -2.10. The zero-order chi connectivity index (χ0) is 14.5. The van der Waals surface area contributed by atoms with E-state index in [0.717, 1.165) is 11.3 Å². The van der Waals surface area contributed by atoms with Crippen LogP contribution in [0.4, 0.5) is 11.4 Å². The summed E-state index contributed by atoms with van der Waals surface area (Å²) in [6.45, 7) is 0.423. The van der Waals surface area contributed by atoms with Gasteiger partial charge in [0, 0.05) is 35.0 Å². The molecule has 5 nitrogen and oxygen atoms in total. The third kappa shape index (κ3) is 3.39. The number of methoxy groups -OCH3 is 1. The molecule has 20 heavy (non-hydrogen) atoms. The lowest BCUT2D eigenvalue weighted by Crippen LogP contribution is -2.02. The lowest BCUT2D eigenvalue weighted by molar-refractivity contribution is -0.384. The van der Waals surface area contributed by atoms with E-state index >= 15 is 0 Å². The fraction of sp³-hybridized carbons (Fsp3) is 0.143. The number of ether oxygens (including phenoxy) is 1. The van der Waals surface area contributed by atoms with Crippen LogP contribution in [0.15, 0.2) is 42.5 Å². The zero-order valence-corrected chi connectivity index (χ0v) is 11.6. The van der Waals surface area contributed by atoms with E-state index in [1.54, 1.807) is 18.2 Å². The summed E-state index contributed by atoms with van der Waals surface area (Å²) >= 11 is 5.81. The van der Waals surface area contributed by atoms with Crippen molar-refractivity contribution in [3.63, 3.8) is 0 Å². The molecule has 0 aliphatic carbocycles. The fourth-order valence-corrected chi connectivity index (χ4v) is 1.91. The molecule has 0 aromatic heterocycles. The summed E-state index contributed by atoms with van der Waals surface area (Å²) in [4.78, 5) is 10.4. The van der Waals surface area contributed by atoms with Crippen molar-refractivity contribution >= 4 is 23.0 Å². The van der Waals surface area contributed by atoms with E-state index in [-0.39, 0.29) is 5.69 Å². The number of non-ortho nitro benzene ring substituents is 1. The van der Waals surface area contributed by atoms with Gasteiger partial charge in [-0.15, -0.1) is 0 Å². The number of nitrogens with zero attached hydrogens (tertiary/aromatic N) is 1. The Balaban J connectivity index is 2.16. The van der Waals surface area contributed by atoms with Crippen LogP contribution in [-0.2, 0) is 6.54 Å². The average Bonchev–Trinajstić information content (AvgIpc) is 2.46. The van der Waals surface area contributed by atoms with E-state index in [1.165, 1.54) is 19.2 Å². The first-order valence-corrected chi connectivity index (χ1v) is 6.28. The van der Waals surface area contributed by atoms with E-state index in [0.29, 0.717) is 17.3 Å². The Kier molecular flexibility index (Phi) is 4.42. The third-order valence-corrected chi connectivity index (χ3v) is 3.05. The van der Waals surface area contributed by atoms with Gasteiger partial charge in [0.05, 0.1) is 12.0 Å². The van der Waals surface area contributed by atoms with Crippen molar-refractivity contribution in [1.29, 1.82) is 0 Å². The van der Waals surface area contributed by atoms with Gasteiger partial charge in [-0.1, -0.05) is 11.6 Å². The second-order valence-corrected chi connectivity index (χ2v) is 4.55. The Labute approximate surface area is 121 Å². The number of halogens is 1. The number of anilines is 1. The normalized spacial score (nSPS) is 10.1. The van der Waals surface area contributed by atoms with Crippen LogP contribution in [0.5, 0.6) is 5.75 Å². The van der Waals surface area contributed by atoms with E-state index < -0.39 is 4.92 Å². The molecular weight excluding hydrogens is 280 g/mol. The molecule has 2 rings (SSSR count). The molecule has 0 amide bonds. The molecule has 0 bridgehead atoms. The average molecular weight is 293 g/mol. The molecule has 0 unspecified atom stereocenters. The van der Waals surface area contributed by atoms with Crippen LogP contribution in [0.25, 0.3) is 0 Å². The van der Waals surface area contributed by atoms with E-state index in [9.17, 15) is 10.1 Å². The van der Waals surface area contributed by atoms with Gasteiger partial charge in [0.2, 0.25) is 0 Å². The molecule has 0 heterocycles. The highest BCUT2D eigenvalue weighted by Gasteiger charge is 2.11. The molecule has 0 spiro atoms. The minimum atomic E-state index is -0.425. The highest BCUT2D eigenvalue weighted by atomic mass is 35.5. The summed E-state index contributed by atoms with van der Waals surface area (Å²) < 4.78 is 5.20. The van der Waals surface area contributed by atoms with Crippen molar-refractivity contribution in [2.75, 3.05) is 12.4 Å². The molecule has 0 atom stereocenters. The molecule has 6 heteroatoms. The van der Waals surface area contributed by atoms with Crippen LogP contribution in [0, 0.1) is 10.1 Å². The third-order valence-electron chi connectivity index (χ3n) is 2.80.